The Hall–Kier alpha value is -2.05. The minimum absolute atomic E-state index is 0.200. The maximum Gasteiger partial charge on any atom is 0.323 e. The van der Waals surface area contributed by atoms with Crippen molar-refractivity contribution in [1.82, 2.24) is 0 Å². The molecule has 0 radical (unpaired) electrons. The molecule has 0 N–H and O–H groups in total. The normalized spacial score (nSPS) is 28.3. The van der Waals surface area contributed by atoms with Crippen molar-refractivity contribution in [3.8, 4) is 0 Å². The van der Waals surface area contributed by atoms with E-state index in [0.717, 1.165) is 0 Å². The van der Waals surface area contributed by atoms with Crippen molar-refractivity contribution in [3.05, 3.63) is 47.5 Å². The molecule has 5 nitrogen and oxygen atoms in total. The fourth-order valence-electron chi connectivity index (χ4n) is 3.82. The summed E-state index contributed by atoms with van der Waals surface area (Å²) in [6.07, 6.45) is 3.09. The van der Waals surface area contributed by atoms with E-state index in [1.165, 1.54) is 7.11 Å². The second-order valence-electron chi connectivity index (χ2n) is 7.47. The van der Waals surface area contributed by atoms with Gasteiger partial charge in [-0.05, 0) is 26.1 Å². The first-order valence-corrected chi connectivity index (χ1v) is 11.7. The summed E-state index contributed by atoms with van der Waals surface area (Å²) in [6, 6.07) is 6.66. The lowest BCUT2D eigenvalue weighted by Gasteiger charge is -2.46. The highest BCUT2D eigenvalue weighted by Gasteiger charge is 2.64. The average molecular weight is 358 g/mol. The summed E-state index contributed by atoms with van der Waals surface area (Å²) in [5, 5.41) is 0. The molecule has 0 heterocycles. The molecule has 25 heavy (non-hydrogen) atoms. The van der Waals surface area contributed by atoms with Crippen molar-refractivity contribution in [2.24, 2.45) is 11.3 Å². The second-order valence-corrected chi connectivity index (χ2v) is 11.9. The van der Waals surface area contributed by atoms with Crippen molar-refractivity contribution in [2.75, 3.05) is 7.11 Å². The Kier molecular flexibility index (Phi) is 4.29. The first kappa shape index (κ1) is 17.8. The zero-order valence-electron chi connectivity index (χ0n) is 14.9. The number of methoxy groups -OCH3 is 1. The fraction of sp³-hybridized carbons (Fsp3) is 0.421. The molecule has 2 aliphatic carbocycles. The number of ketones is 2. The van der Waals surface area contributed by atoms with Crippen molar-refractivity contribution in [3.63, 3.8) is 0 Å². The van der Waals surface area contributed by atoms with Gasteiger partial charge in [0.2, 0.25) is 0 Å². The number of rotatable bonds is 3. The third kappa shape index (κ3) is 2.60. The molecular formula is C19H22O5Si. The number of fused-ring (bicyclic) bond motifs is 2. The topological polar surface area (TPSA) is 69.7 Å². The van der Waals surface area contributed by atoms with E-state index in [0.29, 0.717) is 12.0 Å². The fourth-order valence-corrected chi connectivity index (χ4v) is 4.84. The van der Waals surface area contributed by atoms with Gasteiger partial charge in [0.05, 0.1) is 19.1 Å². The highest BCUT2D eigenvalue weighted by atomic mass is 28.4. The molecule has 0 aliphatic heterocycles. The third-order valence-electron chi connectivity index (χ3n) is 4.81. The van der Waals surface area contributed by atoms with Crippen LogP contribution in [0.15, 0.2) is 36.4 Å². The SMILES string of the molecule is COC(=O)[C@]12C(=O)c3ccccc3C(=O)[C@H]1CC=C[C@H]2O[Si](C)(C)C. The molecule has 3 atom stereocenters. The quantitative estimate of drug-likeness (QED) is 0.359. The van der Waals surface area contributed by atoms with Crippen LogP contribution in [0.2, 0.25) is 19.6 Å². The summed E-state index contributed by atoms with van der Waals surface area (Å²) in [7, 11) is -0.846. The monoisotopic (exact) mass is 358 g/mol. The molecular weight excluding hydrogens is 336 g/mol. The Morgan fingerprint density at radius 1 is 1.16 bits per heavy atom. The largest absolute Gasteiger partial charge is 0.468 e. The van der Waals surface area contributed by atoms with Crippen LogP contribution in [0, 0.1) is 11.3 Å². The van der Waals surface area contributed by atoms with Crippen LogP contribution in [0.3, 0.4) is 0 Å². The summed E-state index contributed by atoms with van der Waals surface area (Å²) < 4.78 is 11.2. The average Bonchev–Trinajstić information content (AvgIpc) is 2.57. The maximum atomic E-state index is 13.5. The van der Waals surface area contributed by atoms with Crippen LogP contribution in [-0.4, -0.2) is 39.1 Å². The Bertz CT molecular complexity index is 776. The molecule has 0 amide bonds. The number of esters is 1. The molecule has 0 saturated heterocycles. The Balaban J connectivity index is 2.25. The van der Waals surface area contributed by atoms with Gasteiger partial charge >= 0.3 is 5.97 Å². The van der Waals surface area contributed by atoms with E-state index < -0.39 is 31.7 Å². The van der Waals surface area contributed by atoms with Gasteiger partial charge in [0.1, 0.15) is 0 Å². The number of carbonyl (C=O) groups is 3. The van der Waals surface area contributed by atoms with E-state index >= 15 is 0 Å². The van der Waals surface area contributed by atoms with Gasteiger partial charge in [-0.3, -0.25) is 14.4 Å². The number of benzene rings is 1. The van der Waals surface area contributed by atoms with Gasteiger partial charge in [-0.1, -0.05) is 36.4 Å². The molecule has 0 fully saturated rings. The number of carbonyl (C=O) groups excluding carboxylic acids is 3. The first-order chi connectivity index (χ1) is 11.7. The zero-order valence-corrected chi connectivity index (χ0v) is 15.9. The summed E-state index contributed by atoms with van der Waals surface area (Å²) in [5.74, 6) is -2.08. The number of hydrogen-bond donors (Lipinski definition) is 0. The van der Waals surface area contributed by atoms with E-state index in [2.05, 4.69) is 0 Å². The van der Waals surface area contributed by atoms with Crippen molar-refractivity contribution < 1.29 is 23.5 Å². The van der Waals surface area contributed by atoms with Gasteiger partial charge in [0.15, 0.2) is 25.3 Å². The molecule has 0 saturated carbocycles. The predicted molar refractivity (Wildman–Crippen MR) is 95.0 cm³/mol. The van der Waals surface area contributed by atoms with E-state index in [1.807, 2.05) is 25.7 Å². The maximum absolute atomic E-state index is 13.5. The molecule has 0 bridgehead atoms. The highest BCUT2D eigenvalue weighted by Crippen LogP contribution is 2.49. The minimum atomic E-state index is -2.09. The van der Waals surface area contributed by atoms with Crippen LogP contribution < -0.4 is 0 Å². The first-order valence-electron chi connectivity index (χ1n) is 8.34. The van der Waals surface area contributed by atoms with Crippen LogP contribution in [0.4, 0.5) is 0 Å². The molecule has 1 aromatic rings. The van der Waals surface area contributed by atoms with Crippen molar-refractivity contribution in [2.45, 2.75) is 32.2 Å². The van der Waals surface area contributed by atoms with Gasteiger partial charge in [-0.2, -0.15) is 0 Å². The number of Topliss-reactive ketones (excluding diaryl/α,β-unsaturated/α-hetero) is 2. The van der Waals surface area contributed by atoms with Crippen LogP contribution in [0.5, 0.6) is 0 Å². The molecule has 132 valence electrons. The zero-order chi connectivity index (χ0) is 18.4. The Morgan fingerprint density at radius 3 is 2.40 bits per heavy atom. The van der Waals surface area contributed by atoms with Gasteiger partial charge in [0, 0.05) is 11.1 Å². The summed E-state index contributed by atoms with van der Waals surface area (Å²) >= 11 is 0. The lowest BCUT2D eigenvalue weighted by molar-refractivity contribution is -0.157. The van der Waals surface area contributed by atoms with E-state index in [9.17, 15) is 14.4 Å². The van der Waals surface area contributed by atoms with E-state index in [1.54, 1.807) is 30.3 Å². The molecule has 0 unspecified atom stereocenters. The van der Waals surface area contributed by atoms with Gasteiger partial charge in [-0.25, -0.2) is 0 Å². The Labute approximate surface area is 148 Å². The Morgan fingerprint density at radius 2 is 1.80 bits per heavy atom. The van der Waals surface area contributed by atoms with Gasteiger partial charge in [0.25, 0.3) is 0 Å². The predicted octanol–water partition coefficient (Wildman–Crippen LogP) is 3.02. The molecule has 0 spiro atoms. The summed E-state index contributed by atoms with van der Waals surface area (Å²) in [4.78, 5) is 39.5. The minimum Gasteiger partial charge on any atom is -0.468 e. The molecule has 2 aliphatic rings. The lowest BCUT2D eigenvalue weighted by Crippen LogP contribution is -2.62. The van der Waals surface area contributed by atoms with Gasteiger partial charge in [-0.15, -0.1) is 0 Å². The number of ether oxygens (including phenoxy) is 1. The van der Waals surface area contributed by atoms with E-state index in [-0.39, 0.29) is 17.1 Å². The van der Waals surface area contributed by atoms with Crippen LogP contribution in [0.25, 0.3) is 0 Å². The molecule has 6 heteroatoms. The molecule has 0 aromatic heterocycles. The van der Waals surface area contributed by atoms with Gasteiger partial charge < -0.3 is 9.16 Å². The van der Waals surface area contributed by atoms with Crippen LogP contribution >= 0.6 is 0 Å². The highest BCUT2D eigenvalue weighted by molar-refractivity contribution is 6.69. The smallest absolute Gasteiger partial charge is 0.323 e. The van der Waals surface area contributed by atoms with Crippen molar-refractivity contribution in [1.29, 1.82) is 0 Å². The molecule has 3 rings (SSSR count). The third-order valence-corrected chi connectivity index (χ3v) is 5.78. The second kappa shape index (κ2) is 6.03. The standard InChI is InChI=1S/C19H22O5Si/c1-23-18(22)19-14(10-7-11-15(19)24-25(2,3)4)16(20)12-8-5-6-9-13(12)17(19)21/h5-9,11,14-15H,10H2,1-4H3/t14-,15-,19-/m1/s1. The van der Waals surface area contributed by atoms with Crippen molar-refractivity contribution >= 4 is 25.9 Å². The lowest BCUT2D eigenvalue weighted by atomic mass is 9.57. The number of hydrogen-bond acceptors (Lipinski definition) is 5. The number of allylic oxidation sites excluding steroid dienone is 1. The molecule has 1 aromatic carbocycles. The van der Waals surface area contributed by atoms with E-state index in [4.69, 9.17) is 9.16 Å². The summed E-state index contributed by atoms with van der Waals surface area (Å²) in [5.41, 5.74) is -0.998. The van der Waals surface area contributed by atoms with Crippen LogP contribution in [-0.2, 0) is 14.0 Å². The van der Waals surface area contributed by atoms with Crippen LogP contribution in [0.1, 0.15) is 27.1 Å². The summed E-state index contributed by atoms with van der Waals surface area (Å²) in [6.45, 7) is 5.95.